The highest BCUT2D eigenvalue weighted by atomic mass is 32.2. The van der Waals surface area contributed by atoms with E-state index >= 15 is 0 Å². The summed E-state index contributed by atoms with van der Waals surface area (Å²) in [5, 5.41) is 10.1. The third-order valence-electron chi connectivity index (χ3n) is 5.77. The van der Waals surface area contributed by atoms with E-state index in [0.29, 0.717) is 15.5 Å². The van der Waals surface area contributed by atoms with Gasteiger partial charge in [-0.05, 0) is 42.0 Å². The Kier molecular flexibility index (Phi) is 5.17. The van der Waals surface area contributed by atoms with Gasteiger partial charge in [0.05, 0.1) is 30.9 Å². The summed E-state index contributed by atoms with van der Waals surface area (Å²) in [5.41, 5.74) is 0.827. The number of ether oxygens (including phenoxy) is 2. The SMILES string of the molecule is COc1cc(C2c3sc(=O)[nH]c3SC3C(=O)N(c4ccc(F)cc4)C(=O)C32)cc(OC)c1O. The van der Waals surface area contributed by atoms with Gasteiger partial charge in [-0.2, -0.15) is 0 Å². The van der Waals surface area contributed by atoms with E-state index in [1.165, 1.54) is 38.5 Å². The van der Waals surface area contributed by atoms with Crippen LogP contribution in [0.1, 0.15) is 16.4 Å². The summed E-state index contributed by atoms with van der Waals surface area (Å²) in [6.07, 6.45) is 0. The van der Waals surface area contributed by atoms with Crippen molar-refractivity contribution in [2.75, 3.05) is 19.1 Å². The van der Waals surface area contributed by atoms with E-state index in [1.54, 1.807) is 12.1 Å². The molecule has 1 aromatic heterocycles. The fourth-order valence-corrected chi connectivity index (χ4v) is 6.83. The van der Waals surface area contributed by atoms with Crippen LogP contribution in [0.5, 0.6) is 17.2 Å². The Hall–Kier alpha value is -3.31. The Morgan fingerprint density at radius 1 is 1.03 bits per heavy atom. The van der Waals surface area contributed by atoms with Gasteiger partial charge in [0.25, 0.3) is 0 Å². The number of anilines is 1. The van der Waals surface area contributed by atoms with Crippen LogP contribution < -0.4 is 19.2 Å². The molecule has 0 aliphatic carbocycles. The highest BCUT2D eigenvalue weighted by Crippen LogP contribution is 2.54. The molecule has 2 aliphatic rings. The number of nitrogens with one attached hydrogen (secondary N) is 1. The van der Waals surface area contributed by atoms with E-state index < -0.39 is 34.7 Å². The van der Waals surface area contributed by atoms with Crippen LogP contribution in [-0.4, -0.2) is 41.4 Å². The molecule has 1 fully saturated rings. The Morgan fingerprint density at radius 2 is 1.67 bits per heavy atom. The van der Waals surface area contributed by atoms with Gasteiger partial charge < -0.3 is 19.6 Å². The Balaban J connectivity index is 1.68. The van der Waals surface area contributed by atoms with E-state index in [1.807, 2.05) is 0 Å². The molecule has 3 aromatic rings. The number of hydrogen-bond acceptors (Lipinski definition) is 8. The predicted octanol–water partition coefficient (Wildman–Crippen LogP) is 3.09. The summed E-state index contributed by atoms with van der Waals surface area (Å²) in [4.78, 5) is 43.3. The quantitative estimate of drug-likeness (QED) is 0.543. The molecular weight excluding hydrogens is 471 g/mol. The molecule has 11 heteroatoms. The number of imide groups is 1. The van der Waals surface area contributed by atoms with Gasteiger partial charge in [0.1, 0.15) is 11.1 Å². The van der Waals surface area contributed by atoms with Crippen LogP contribution in [-0.2, 0) is 9.59 Å². The number of aromatic hydroxyl groups is 1. The number of hydrogen-bond donors (Lipinski definition) is 2. The molecule has 8 nitrogen and oxygen atoms in total. The lowest BCUT2D eigenvalue weighted by atomic mass is 9.83. The zero-order valence-electron chi connectivity index (χ0n) is 17.3. The second-order valence-electron chi connectivity index (χ2n) is 7.51. The molecule has 3 heterocycles. The number of nitrogens with zero attached hydrogens (tertiary/aromatic N) is 1. The van der Waals surface area contributed by atoms with Crippen LogP contribution in [0.15, 0.2) is 46.2 Å². The van der Waals surface area contributed by atoms with Crippen LogP contribution in [0.25, 0.3) is 0 Å². The number of phenols is 1. The van der Waals surface area contributed by atoms with Gasteiger partial charge >= 0.3 is 4.87 Å². The number of fused-ring (bicyclic) bond motifs is 2. The van der Waals surface area contributed by atoms with Gasteiger partial charge in [0, 0.05) is 10.8 Å². The largest absolute Gasteiger partial charge is 0.502 e. The van der Waals surface area contributed by atoms with Gasteiger partial charge in [-0.1, -0.05) is 23.1 Å². The van der Waals surface area contributed by atoms with E-state index in [0.717, 1.165) is 28.0 Å². The number of amides is 2. The number of carbonyl (C=O) groups excluding carboxylic acids is 2. The third kappa shape index (κ3) is 3.30. The molecule has 3 unspecified atom stereocenters. The minimum absolute atomic E-state index is 0.135. The van der Waals surface area contributed by atoms with Crippen molar-refractivity contribution in [3.63, 3.8) is 0 Å². The summed E-state index contributed by atoms with van der Waals surface area (Å²) in [7, 11) is 2.77. The number of phenolic OH excluding ortho intramolecular Hbond substituents is 1. The van der Waals surface area contributed by atoms with Crippen LogP contribution in [0.3, 0.4) is 0 Å². The van der Waals surface area contributed by atoms with E-state index in [4.69, 9.17) is 9.47 Å². The van der Waals surface area contributed by atoms with Crippen molar-refractivity contribution < 1.29 is 28.6 Å². The van der Waals surface area contributed by atoms with Crippen molar-refractivity contribution in [3.05, 3.63) is 62.3 Å². The van der Waals surface area contributed by atoms with E-state index in [2.05, 4.69) is 4.98 Å². The summed E-state index contributed by atoms with van der Waals surface area (Å²) in [6, 6.07) is 8.28. The Morgan fingerprint density at radius 3 is 2.27 bits per heavy atom. The number of H-pyrrole nitrogens is 1. The lowest BCUT2D eigenvalue weighted by Crippen LogP contribution is -2.32. The predicted molar refractivity (Wildman–Crippen MR) is 120 cm³/mol. The first-order chi connectivity index (χ1) is 15.8. The lowest BCUT2D eigenvalue weighted by Gasteiger charge is -2.30. The normalized spacial score (nSPS) is 21.7. The highest BCUT2D eigenvalue weighted by molar-refractivity contribution is 8.00. The molecule has 0 bridgehead atoms. The molecule has 2 amide bonds. The zero-order chi connectivity index (χ0) is 23.4. The van der Waals surface area contributed by atoms with Crippen LogP contribution in [0, 0.1) is 11.7 Å². The van der Waals surface area contributed by atoms with Crippen molar-refractivity contribution in [3.8, 4) is 17.2 Å². The smallest absolute Gasteiger partial charge is 0.305 e. The molecule has 1 saturated heterocycles. The molecule has 5 rings (SSSR count). The van der Waals surface area contributed by atoms with Crippen molar-refractivity contribution in [1.82, 2.24) is 4.98 Å². The average molecular weight is 489 g/mol. The molecule has 0 radical (unpaired) electrons. The maximum atomic E-state index is 13.6. The fourth-order valence-electron chi connectivity index (χ4n) is 4.31. The van der Waals surface area contributed by atoms with Gasteiger partial charge in [0.2, 0.25) is 17.6 Å². The molecule has 2 N–H and O–H groups in total. The van der Waals surface area contributed by atoms with E-state index in [-0.39, 0.29) is 27.8 Å². The number of thiazole rings is 1. The molecular formula is C22H17FN2O6S2. The first-order valence-electron chi connectivity index (χ1n) is 9.82. The maximum absolute atomic E-state index is 13.6. The van der Waals surface area contributed by atoms with Crippen LogP contribution >= 0.6 is 23.1 Å². The number of thioether (sulfide) groups is 1. The summed E-state index contributed by atoms with van der Waals surface area (Å²) in [6.45, 7) is 0. The standard InChI is InChI=1S/C22H17FN2O6S2/c1-30-12-7-9(8-13(31-2)16(12)26)14-15-18(32-19-17(14)33-22(29)24-19)21(28)25(20(15)27)11-5-3-10(23)4-6-11/h3-8,14-15,18,26H,1-2H3,(H,24,29). The molecule has 3 atom stereocenters. The minimum atomic E-state index is -0.828. The second-order valence-corrected chi connectivity index (χ2v) is 9.68. The van der Waals surface area contributed by atoms with Gasteiger partial charge in [0.15, 0.2) is 11.5 Å². The fraction of sp³-hybridized carbons (Fsp3) is 0.227. The molecule has 2 aromatic carbocycles. The topological polar surface area (TPSA) is 109 Å². The minimum Gasteiger partial charge on any atom is -0.502 e. The molecule has 33 heavy (non-hydrogen) atoms. The third-order valence-corrected chi connectivity index (χ3v) is 8.17. The van der Waals surface area contributed by atoms with Crippen LogP contribution in [0.2, 0.25) is 0 Å². The van der Waals surface area contributed by atoms with Gasteiger partial charge in [-0.3, -0.25) is 14.4 Å². The molecule has 2 aliphatic heterocycles. The molecule has 0 saturated carbocycles. The van der Waals surface area contributed by atoms with Crippen molar-refractivity contribution in [2.24, 2.45) is 5.92 Å². The van der Waals surface area contributed by atoms with Gasteiger partial charge in [-0.25, -0.2) is 9.29 Å². The Bertz CT molecular complexity index is 1310. The van der Waals surface area contributed by atoms with Crippen LogP contribution in [0.4, 0.5) is 10.1 Å². The maximum Gasteiger partial charge on any atom is 0.305 e. The van der Waals surface area contributed by atoms with Crippen molar-refractivity contribution in [2.45, 2.75) is 16.2 Å². The van der Waals surface area contributed by atoms with Gasteiger partial charge in [-0.15, -0.1) is 0 Å². The first kappa shape index (κ1) is 21.5. The second kappa shape index (κ2) is 7.92. The molecule has 0 spiro atoms. The average Bonchev–Trinajstić information content (AvgIpc) is 3.29. The Labute approximate surface area is 195 Å². The molecule has 170 valence electrons. The van der Waals surface area contributed by atoms with Crippen molar-refractivity contribution >= 4 is 40.6 Å². The first-order valence-corrected chi connectivity index (χ1v) is 11.5. The summed E-state index contributed by atoms with van der Waals surface area (Å²) in [5.74, 6) is -2.80. The summed E-state index contributed by atoms with van der Waals surface area (Å²) < 4.78 is 24.0. The summed E-state index contributed by atoms with van der Waals surface area (Å²) >= 11 is 2.11. The van der Waals surface area contributed by atoms with Crippen molar-refractivity contribution in [1.29, 1.82) is 0 Å². The highest BCUT2D eigenvalue weighted by Gasteiger charge is 2.56. The monoisotopic (exact) mass is 488 g/mol. The lowest BCUT2D eigenvalue weighted by molar-refractivity contribution is -0.122. The number of aromatic nitrogens is 1. The van der Waals surface area contributed by atoms with E-state index in [9.17, 15) is 23.9 Å². The number of rotatable bonds is 4. The number of methoxy groups -OCH3 is 2. The zero-order valence-corrected chi connectivity index (χ0v) is 19.0. The number of halogens is 1. The number of aromatic amines is 1. The number of carbonyl (C=O) groups is 2. The number of benzene rings is 2.